The van der Waals surface area contributed by atoms with Crippen molar-refractivity contribution in [1.29, 1.82) is 0 Å². The van der Waals surface area contributed by atoms with Gasteiger partial charge in [-0.2, -0.15) is 0 Å². The van der Waals surface area contributed by atoms with E-state index in [4.69, 9.17) is 0 Å². The van der Waals surface area contributed by atoms with Crippen molar-refractivity contribution in [2.24, 2.45) is 0 Å². The molecule has 64 valence electrons. The predicted molar refractivity (Wildman–Crippen MR) is 22.3 cm³/mol. The quantitative estimate of drug-likeness (QED) is 0.463. The van der Waals surface area contributed by atoms with E-state index >= 15 is 0 Å². The molecule has 2 heterocycles. The topological polar surface area (TPSA) is 53.6 Å². The molecule has 0 spiro atoms. The molecular weight excluding hydrogens is 312 g/mol. The molecule has 0 bridgehead atoms. The van der Waals surface area contributed by atoms with Crippen LogP contribution in [-0.2, 0) is 59.7 Å². The van der Waals surface area contributed by atoms with Gasteiger partial charge < -0.3 is 14.9 Å². The van der Waals surface area contributed by atoms with Gasteiger partial charge in [0.05, 0.1) is 26.4 Å². The van der Waals surface area contributed by atoms with Crippen LogP contribution in [0.5, 0.6) is 0 Å². The van der Waals surface area contributed by atoms with Crippen molar-refractivity contribution in [2.45, 2.75) is 0 Å². The number of hydrogen-bond donors (Lipinski definition) is 0. The minimum absolute atomic E-state index is 0. The number of epoxide rings is 2. The van der Waals surface area contributed by atoms with Gasteiger partial charge in [-0.3, -0.25) is 0 Å². The molecular formula is C4H8Ag2O3. The molecule has 2 aliphatic heterocycles. The van der Waals surface area contributed by atoms with Crippen LogP contribution in [0.3, 0.4) is 0 Å². The smallest absolute Gasteiger partial charge is 1.00 e. The molecule has 2 aliphatic rings. The Kier molecular flexibility index (Phi) is 22.5. The van der Waals surface area contributed by atoms with E-state index in [2.05, 4.69) is 9.47 Å². The van der Waals surface area contributed by atoms with Crippen molar-refractivity contribution >= 4 is 0 Å². The molecule has 0 amide bonds. The molecule has 2 fully saturated rings. The molecule has 0 aromatic carbocycles. The molecule has 3 nitrogen and oxygen atoms in total. The molecule has 0 atom stereocenters. The average molecular weight is 320 g/mol. The number of rotatable bonds is 0. The summed E-state index contributed by atoms with van der Waals surface area (Å²) in [4.78, 5) is 0. The number of hydrogen-bond acceptors (Lipinski definition) is 2. The van der Waals surface area contributed by atoms with Gasteiger partial charge in [0, 0.05) is 0 Å². The third kappa shape index (κ3) is 44.9. The molecule has 0 unspecified atom stereocenters. The molecule has 0 aromatic rings. The van der Waals surface area contributed by atoms with Gasteiger partial charge in [-0.15, -0.1) is 0 Å². The molecule has 0 radical (unpaired) electrons. The van der Waals surface area contributed by atoms with Gasteiger partial charge in [0.25, 0.3) is 0 Å². The Bertz CT molecular complexity index is 29.3. The first-order chi connectivity index (χ1) is 3.00. The van der Waals surface area contributed by atoms with Gasteiger partial charge in [-0.05, 0) is 0 Å². The molecule has 9 heavy (non-hydrogen) atoms. The Balaban J connectivity index is -0.0000000600. The van der Waals surface area contributed by atoms with Crippen molar-refractivity contribution < 1.29 is 59.7 Å². The van der Waals surface area contributed by atoms with E-state index in [1.165, 1.54) is 0 Å². The Morgan fingerprint density at radius 3 is 0.778 bits per heavy atom. The Morgan fingerprint density at radius 2 is 0.778 bits per heavy atom. The molecule has 0 saturated carbocycles. The maximum Gasteiger partial charge on any atom is 1.00 e. The van der Waals surface area contributed by atoms with Crippen molar-refractivity contribution in [3.8, 4) is 0 Å². The van der Waals surface area contributed by atoms with Crippen LogP contribution in [0, 0.1) is 0 Å². The molecule has 2 saturated heterocycles. The Morgan fingerprint density at radius 1 is 0.667 bits per heavy atom. The fourth-order valence-electron chi connectivity index (χ4n) is 0. The zero-order chi connectivity index (χ0) is 4.24. The van der Waals surface area contributed by atoms with Gasteiger partial charge in [0.2, 0.25) is 0 Å². The van der Waals surface area contributed by atoms with E-state index < -0.39 is 0 Å². The fourth-order valence-corrected chi connectivity index (χ4v) is 0. The first-order valence-corrected chi connectivity index (χ1v) is 2.15. The summed E-state index contributed by atoms with van der Waals surface area (Å²) < 4.78 is 9.00. The fraction of sp³-hybridized carbons (Fsp3) is 1.00. The van der Waals surface area contributed by atoms with Crippen LogP contribution < -0.4 is 0 Å². The monoisotopic (exact) mass is 318 g/mol. The Hall–Kier alpha value is 1.36. The molecule has 0 aromatic heterocycles. The summed E-state index contributed by atoms with van der Waals surface area (Å²) in [5, 5.41) is 0. The van der Waals surface area contributed by atoms with Crippen molar-refractivity contribution in [3.63, 3.8) is 0 Å². The standard InChI is InChI=1S/2C2H4O.2Ag.O/c2*1-2-3-1;;;/h2*1-2H2;;;/q;;2*+1;-2. The third-order valence-corrected chi connectivity index (χ3v) is 0.408. The normalized spacial score (nSPS) is 16.0. The summed E-state index contributed by atoms with van der Waals surface area (Å²) in [6, 6.07) is 0. The van der Waals surface area contributed by atoms with Crippen LogP contribution in [0.25, 0.3) is 0 Å². The summed E-state index contributed by atoms with van der Waals surface area (Å²) in [6.07, 6.45) is 0. The maximum absolute atomic E-state index is 4.50. The SMILES string of the molecule is C1CO1.C1CO1.[Ag+].[Ag+].[O-2]. The second-order valence-corrected chi connectivity index (χ2v) is 1.22. The molecule has 2 rings (SSSR count). The van der Waals surface area contributed by atoms with Crippen LogP contribution in [0.15, 0.2) is 0 Å². The van der Waals surface area contributed by atoms with Crippen LogP contribution in [0.4, 0.5) is 0 Å². The molecule has 5 heteroatoms. The second kappa shape index (κ2) is 12.1. The summed E-state index contributed by atoms with van der Waals surface area (Å²) >= 11 is 0. The van der Waals surface area contributed by atoms with Gasteiger partial charge >= 0.3 is 44.8 Å². The van der Waals surface area contributed by atoms with Crippen LogP contribution in [0.2, 0.25) is 0 Å². The van der Waals surface area contributed by atoms with Gasteiger partial charge in [-0.25, -0.2) is 0 Å². The van der Waals surface area contributed by atoms with Crippen LogP contribution in [-0.4, -0.2) is 26.4 Å². The zero-order valence-electron chi connectivity index (χ0n) is 4.66. The largest absolute Gasteiger partial charge is 2.00 e. The first kappa shape index (κ1) is 16.8. The first-order valence-electron chi connectivity index (χ1n) is 2.15. The predicted octanol–water partition coefficient (Wildman–Crippen LogP) is -0.0906. The van der Waals surface area contributed by atoms with Crippen molar-refractivity contribution in [1.82, 2.24) is 0 Å². The molecule has 0 N–H and O–H groups in total. The summed E-state index contributed by atoms with van der Waals surface area (Å²) in [6.45, 7) is 4.00. The van der Waals surface area contributed by atoms with Crippen LogP contribution in [0.1, 0.15) is 0 Å². The van der Waals surface area contributed by atoms with Crippen molar-refractivity contribution in [2.75, 3.05) is 26.4 Å². The van der Waals surface area contributed by atoms with Crippen LogP contribution >= 0.6 is 0 Å². The number of ether oxygens (including phenoxy) is 2. The van der Waals surface area contributed by atoms with E-state index in [0.29, 0.717) is 0 Å². The minimum atomic E-state index is 0. The summed E-state index contributed by atoms with van der Waals surface area (Å²) in [5.41, 5.74) is 0. The average Bonchev–Trinajstić information content (AvgIpc) is 2.31. The third-order valence-electron chi connectivity index (χ3n) is 0.408. The minimum Gasteiger partial charge on any atom is -2.00 e. The summed E-state index contributed by atoms with van der Waals surface area (Å²) in [7, 11) is 0. The van der Waals surface area contributed by atoms with E-state index in [1.807, 2.05) is 0 Å². The second-order valence-electron chi connectivity index (χ2n) is 1.22. The van der Waals surface area contributed by atoms with E-state index in [-0.39, 0.29) is 50.2 Å². The van der Waals surface area contributed by atoms with E-state index in [0.717, 1.165) is 26.4 Å². The van der Waals surface area contributed by atoms with Gasteiger partial charge in [0.15, 0.2) is 0 Å². The van der Waals surface area contributed by atoms with Gasteiger partial charge in [-0.1, -0.05) is 0 Å². The Labute approximate surface area is 85.8 Å². The van der Waals surface area contributed by atoms with Crippen molar-refractivity contribution in [3.05, 3.63) is 0 Å². The maximum atomic E-state index is 4.50. The van der Waals surface area contributed by atoms with E-state index in [1.54, 1.807) is 0 Å². The zero-order valence-corrected chi connectivity index (χ0v) is 7.62. The molecule has 0 aliphatic carbocycles. The van der Waals surface area contributed by atoms with Gasteiger partial charge in [0.1, 0.15) is 0 Å². The summed E-state index contributed by atoms with van der Waals surface area (Å²) in [5.74, 6) is 0. The van der Waals surface area contributed by atoms with E-state index in [9.17, 15) is 0 Å².